The van der Waals surface area contributed by atoms with Gasteiger partial charge in [0.2, 0.25) is 11.8 Å². The van der Waals surface area contributed by atoms with Gasteiger partial charge in [-0.3, -0.25) is 9.59 Å². The Labute approximate surface area is 245 Å². The molecule has 0 N–H and O–H groups in total. The van der Waals surface area contributed by atoms with Crippen molar-refractivity contribution in [3.05, 3.63) is 65.4 Å². The number of allylic oxidation sites excluding steroid dienone is 1. The second kappa shape index (κ2) is 12.0. The quantitative estimate of drug-likeness (QED) is 0.401. The zero-order chi connectivity index (χ0) is 29.2. The first-order chi connectivity index (χ1) is 20.4. The van der Waals surface area contributed by atoms with Crippen molar-refractivity contribution in [1.29, 1.82) is 0 Å². The number of nitrogens with zero attached hydrogens (tertiary/aromatic N) is 6. The minimum Gasteiger partial charge on any atom is -0.463 e. The highest BCUT2D eigenvalue weighted by atomic mass is 19.1. The van der Waals surface area contributed by atoms with E-state index in [-0.39, 0.29) is 17.7 Å². The summed E-state index contributed by atoms with van der Waals surface area (Å²) in [6, 6.07) is 13.2. The van der Waals surface area contributed by atoms with Crippen molar-refractivity contribution in [1.82, 2.24) is 19.8 Å². The molecule has 6 rings (SSSR count). The third-order valence-corrected chi connectivity index (χ3v) is 8.56. The molecule has 3 aliphatic heterocycles. The summed E-state index contributed by atoms with van der Waals surface area (Å²) in [5, 5.41) is 2.47. The van der Waals surface area contributed by atoms with Gasteiger partial charge in [0.05, 0.1) is 18.8 Å². The third-order valence-electron chi connectivity index (χ3n) is 8.56. The van der Waals surface area contributed by atoms with Crippen molar-refractivity contribution in [2.45, 2.75) is 26.3 Å². The zero-order valence-electron chi connectivity index (χ0n) is 24.3. The first kappa shape index (κ1) is 27.9. The number of alkyl halides is 1. The molecule has 2 fully saturated rings. The van der Waals surface area contributed by atoms with Crippen molar-refractivity contribution in [3.63, 3.8) is 0 Å². The molecule has 0 saturated carbocycles. The van der Waals surface area contributed by atoms with E-state index in [2.05, 4.69) is 53.1 Å². The van der Waals surface area contributed by atoms with Gasteiger partial charge in [-0.15, -0.1) is 0 Å². The molecule has 9 nitrogen and oxygen atoms in total. The predicted molar refractivity (Wildman–Crippen MR) is 161 cm³/mol. The molecule has 3 aromatic rings. The monoisotopic (exact) mass is 572 g/mol. The van der Waals surface area contributed by atoms with E-state index in [1.54, 1.807) is 9.80 Å². The highest BCUT2D eigenvalue weighted by Gasteiger charge is 2.31. The molecule has 3 aliphatic rings. The van der Waals surface area contributed by atoms with E-state index in [1.165, 1.54) is 34.2 Å². The molecule has 0 radical (unpaired) electrons. The second-order valence-electron chi connectivity index (χ2n) is 11.4. The molecule has 2 amide bonds. The normalized spacial score (nSPS) is 19.2. The topological polar surface area (TPSA) is 82.1 Å². The fourth-order valence-electron chi connectivity index (χ4n) is 6.34. The molecule has 1 unspecified atom stereocenters. The van der Waals surface area contributed by atoms with Crippen LogP contribution in [-0.2, 0) is 22.6 Å². The Bertz CT molecular complexity index is 1510. The van der Waals surface area contributed by atoms with Crippen LogP contribution in [-0.4, -0.2) is 91.2 Å². The number of hydrogen-bond donors (Lipinski definition) is 0. The van der Waals surface area contributed by atoms with Crippen LogP contribution >= 0.6 is 0 Å². The molecule has 0 bridgehead atoms. The van der Waals surface area contributed by atoms with Gasteiger partial charge < -0.3 is 24.3 Å². The number of aromatic nitrogens is 2. The molecular formula is C32H37FN6O3. The van der Waals surface area contributed by atoms with Gasteiger partial charge >= 0.3 is 6.01 Å². The minimum absolute atomic E-state index is 0.104. The third kappa shape index (κ3) is 5.62. The number of benzene rings is 2. The maximum absolute atomic E-state index is 12.5. The molecule has 4 heterocycles. The fourth-order valence-corrected chi connectivity index (χ4v) is 6.34. The number of fused-ring (bicyclic) bond motifs is 2. The van der Waals surface area contributed by atoms with Crippen LogP contribution in [0.2, 0.25) is 0 Å². The van der Waals surface area contributed by atoms with Crippen molar-refractivity contribution in [2.24, 2.45) is 5.92 Å². The SMILES string of the molecule is Cc1cccc2cccc(N3CCc4c(nc(OCC5CC(=O)N(C)C5)nc4N4CCN(C(=O)/C=C/CF)CC4)C3)c12. The summed E-state index contributed by atoms with van der Waals surface area (Å²) in [4.78, 5) is 42.3. The summed E-state index contributed by atoms with van der Waals surface area (Å²) in [6.45, 7) is 6.30. The largest absolute Gasteiger partial charge is 0.463 e. The average Bonchev–Trinajstić information content (AvgIpc) is 3.34. The lowest BCUT2D eigenvalue weighted by molar-refractivity contribution is -0.127. The molecule has 0 spiro atoms. The van der Waals surface area contributed by atoms with Gasteiger partial charge in [-0.05, 0) is 36.4 Å². The van der Waals surface area contributed by atoms with Crippen LogP contribution in [0.1, 0.15) is 23.2 Å². The zero-order valence-corrected chi connectivity index (χ0v) is 24.3. The highest BCUT2D eigenvalue weighted by molar-refractivity contribution is 5.97. The molecule has 42 heavy (non-hydrogen) atoms. The van der Waals surface area contributed by atoms with E-state index < -0.39 is 6.67 Å². The predicted octanol–water partition coefficient (Wildman–Crippen LogP) is 3.53. The average molecular weight is 573 g/mol. The van der Waals surface area contributed by atoms with Gasteiger partial charge in [0.1, 0.15) is 12.5 Å². The van der Waals surface area contributed by atoms with E-state index in [1.807, 2.05) is 7.05 Å². The first-order valence-corrected chi connectivity index (χ1v) is 14.7. The molecule has 2 aromatic carbocycles. The lowest BCUT2D eigenvalue weighted by atomic mass is 9.99. The lowest BCUT2D eigenvalue weighted by Crippen LogP contribution is -2.49. The minimum atomic E-state index is -0.651. The summed E-state index contributed by atoms with van der Waals surface area (Å²) in [5.74, 6) is 0.922. The van der Waals surface area contributed by atoms with E-state index in [9.17, 15) is 14.0 Å². The molecule has 1 aromatic heterocycles. The van der Waals surface area contributed by atoms with Crippen LogP contribution in [0, 0.1) is 12.8 Å². The van der Waals surface area contributed by atoms with E-state index in [0.29, 0.717) is 58.3 Å². The summed E-state index contributed by atoms with van der Waals surface area (Å²) in [5.41, 5.74) is 4.49. The van der Waals surface area contributed by atoms with Crippen LogP contribution < -0.4 is 14.5 Å². The van der Waals surface area contributed by atoms with Gasteiger partial charge in [0.25, 0.3) is 0 Å². The van der Waals surface area contributed by atoms with Crippen LogP contribution in [0.3, 0.4) is 0 Å². The van der Waals surface area contributed by atoms with Crippen molar-refractivity contribution < 1.29 is 18.7 Å². The van der Waals surface area contributed by atoms with Gasteiger partial charge in [0, 0.05) is 81.4 Å². The fraction of sp³-hybridized carbons (Fsp3) is 0.438. The van der Waals surface area contributed by atoms with Crippen molar-refractivity contribution in [3.8, 4) is 6.01 Å². The van der Waals surface area contributed by atoms with Gasteiger partial charge in [0.15, 0.2) is 0 Å². The maximum atomic E-state index is 12.5. The number of carbonyl (C=O) groups excluding carboxylic acids is 2. The number of halogens is 1. The van der Waals surface area contributed by atoms with Crippen LogP contribution in [0.25, 0.3) is 10.8 Å². The van der Waals surface area contributed by atoms with Crippen LogP contribution in [0.5, 0.6) is 6.01 Å². The molecule has 2 saturated heterocycles. The number of likely N-dealkylation sites (tertiary alicyclic amines) is 1. The smallest absolute Gasteiger partial charge is 0.318 e. The van der Waals surface area contributed by atoms with Crippen molar-refractivity contribution in [2.75, 3.05) is 69.4 Å². The molecular weight excluding hydrogens is 535 g/mol. The van der Waals surface area contributed by atoms with E-state index >= 15 is 0 Å². The van der Waals surface area contributed by atoms with Gasteiger partial charge in [-0.25, -0.2) is 4.39 Å². The summed E-state index contributed by atoms with van der Waals surface area (Å²) in [7, 11) is 1.82. The number of anilines is 2. The first-order valence-electron chi connectivity index (χ1n) is 14.7. The summed E-state index contributed by atoms with van der Waals surface area (Å²) < 4.78 is 18.7. The molecule has 220 valence electrons. The Morgan fingerprint density at radius 3 is 2.60 bits per heavy atom. The Hall–Kier alpha value is -4.21. The number of amides is 2. The summed E-state index contributed by atoms with van der Waals surface area (Å²) in [6.07, 6.45) is 3.81. The Kier molecular flexibility index (Phi) is 7.95. The van der Waals surface area contributed by atoms with Gasteiger partial charge in [-0.2, -0.15) is 9.97 Å². The Balaban J connectivity index is 1.28. The number of rotatable bonds is 7. The standard InChI is InChI=1S/C32H37FN6O3/c1-22-6-3-7-24-8-4-9-27(30(22)24)39-13-11-25-26(20-39)34-32(42-21-23-18-29(41)36(2)19-23)35-31(25)38-16-14-37(15-17-38)28(40)10-5-12-33/h3-10,23H,11-21H2,1-2H3/b10-5+. The summed E-state index contributed by atoms with van der Waals surface area (Å²) >= 11 is 0. The number of carbonyl (C=O) groups is 2. The molecule has 0 aliphatic carbocycles. The van der Waals surface area contributed by atoms with Crippen LogP contribution in [0.15, 0.2) is 48.6 Å². The van der Waals surface area contributed by atoms with E-state index in [4.69, 9.17) is 14.7 Å². The highest BCUT2D eigenvalue weighted by Crippen LogP contribution is 2.35. The Morgan fingerprint density at radius 2 is 1.86 bits per heavy atom. The molecule has 10 heteroatoms. The van der Waals surface area contributed by atoms with Gasteiger partial charge in [-0.1, -0.05) is 30.3 Å². The second-order valence-corrected chi connectivity index (χ2v) is 11.4. The number of aryl methyl sites for hydroxylation is 1. The number of hydrogen-bond acceptors (Lipinski definition) is 7. The molecule has 1 atom stereocenters. The Morgan fingerprint density at radius 1 is 1.07 bits per heavy atom. The maximum Gasteiger partial charge on any atom is 0.318 e. The lowest BCUT2D eigenvalue weighted by Gasteiger charge is -2.38. The van der Waals surface area contributed by atoms with Crippen molar-refractivity contribution >= 4 is 34.1 Å². The van der Waals surface area contributed by atoms with E-state index in [0.717, 1.165) is 30.0 Å². The number of piperazine rings is 1. The van der Waals surface area contributed by atoms with Crippen LogP contribution in [0.4, 0.5) is 15.9 Å². The number of ether oxygens (including phenoxy) is 1.